The van der Waals surface area contributed by atoms with Crippen molar-refractivity contribution in [3.63, 3.8) is 0 Å². The van der Waals surface area contributed by atoms with Gasteiger partial charge in [0.25, 0.3) is 0 Å². The van der Waals surface area contributed by atoms with Gasteiger partial charge >= 0.3 is 0 Å². The van der Waals surface area contributed by atoms with Crippen molar-refractivity contribution >= 4 is 0 Å². The third-order valence-corrected chi connectivity index (χ3v) is 3.89. The zero-order chi connectivity index (χ0) is 13.1. The quantitative estimate of drug-likeness (QED) is 0.841. The number of hydrogen-bond donors (Lipinski definition) is 1. The van der Waals surface area contributed by atoms with Crippen molar-refractivity contribution in [2.45, 2.75) is 12.5 Å². The van der Waals surface area contributed by atoms with Crippen LogP contribution in [0.3, 0.4) is 0 Å². The van der Waals surface area contributed by atoms with Gasteiger partial charge in [0.15, 0.2) is 0 Å². The third kappa shape index (κ3) is 2.88. The van der Waals surface area contributed by atoms with Gasteiger partial charge in [0.1, 0.15) is 11.9 Å². The van der Waals surface area contributed by atoms with E-state index in [2.05, 4.69) is 9.88 Å². The van der Waals surface area contributed by atoms with E-state index in [0.29, 0.717) is 13.2 Å². The van der Waals surface area contributed by atoms with Gasteiger partial charge in [0.05, 0.1) is 25.2 Å². The Labute approximate surface area is 113 Å². The lowest BCUT2D eigenvalue weighted by molar-refractivity contribution is -0.147. The second kappa shape index (κ2) is 5.45. The van der Waals surface area contributed by atoms with Crippen molar-refractivity contribution < 1.29 is 14.6 Å². The van der Waals surface area contributed by atoms with Gasteiger partial charge in [0.2, 0.25) is 0 Å². The topological polar surface area (TPSA) is 54.8 Å². The van der Waals surface area contributed by atoms with Crippen LogP contribution in [0.25, 0.3) is 0 Å². The number of nitrogens with zero attached hydrogens (tertiary/aromatic N) is 2. The number of aliphatic hydroxyl groups is 1. The van der Waals surface area contributed by atoms with Crippen molar-refractivity contribution in [3.05, 3.63) is 24.5 Å². The Bertz CT molecular complexity index is 403. The Balaban J connectivity index is 1.50. The molecule has 5 nitrogen and oxygen atoms in total. The molecular formula is C14H20N2O3. The molecule has 2 saturated heterocycles. The first kappa shape index (κ1) is 12.8. The number of aliphatic hydroxyl groups excluding tert-OH is 1. The van der Waals surface area contributed by atoms with Gasteiger partial charge in [0, 0.05) is 32.0 Å². The van der Waals surface area contributed by atoms with E-state index in [-0.39, 0.29) is 18.1 Å². The van der Waals surface area contributed by atoms with Crippen molar-refractivity contribution in [3.8, 4) is 5.75 Å². The highest BCUT2D eigenvalue weighted by Gasteiger charge is 2.41. The summed E-state index contributed by atoms with van der Waals surface area (Å²) in [5.74, 6) is 0.880. The predicted octanol–water partition coefficient (Wildman–Crippen LogP) is 0.544. The number of rotatable bonds is 5. The zero-order valence-corrected chi connectivity index (χ0v) is 11.0. The number of likely N-dealkylation sites (tertiary alicyclic amines) is 1. The third-order valence-electron chi connectivity index (χ3n) is 3.89. The fraction of sp³-hybridized carbons (Fsp3) is 0.643. The minimum absolute atomic E-state index is 0.0362. The summed E-state index contributed by atoms with van der Waals surface area (Å²) in [5, 5.41) is 9.45. The average Bonchev–Trinajstić information content (AvgIpc) is 2.82. The molecule has 2 fully saturated rings. The summed E-state index contributed by atoms with van der Waals surface area (Å²) in [4.78, 5) is 6.35. The Hall–Kier alpha value is -1.17. The van der Waals surface area contributed by atoms with Crippen LogP contribution in [0.15, 0.2) is 24.5 Å². The summed E-state index contributed by atoms with van der Waals surface area (Å²) in [5.41, 5.74) is -0.0362. The molecule has 1 aromatic heterocycles. The second-order valence-corrected chi connectivity index (χ2v) is 5.60. The van der Waals surface area contributed by atoms with Crippen molar-refractivity contribution in [2.24, 2.45) is 5.41 Å². The van der Waals surface area contributed by atoms with Crippen LogP contribution in [0.1, 0.15) is 6.42 Å². The Morgan fingerprint density at radius 2 is 2.21 bits per heavy atom. The number of ether oxygens (including phenoxy) is 2. The zero-order valence-electron chi connectivity index (χ0n) is 11.0. The van der Waals surface area contributed by atoms with Crippen LogP contribution in [0.4, 0.5) is 0 Å². The molecule has 19 heavy (non-hydrogen) atoms. The molecule has 1 aromatic rings. The van der Waals surface area contributed by atoms with Gasteiger partial charge in [-0.1, -0.05) is 0 Å². The van der Waals surface area contributed by atoms with E-state index in [1.165, 1.54) is 0 Å². The average molecular weight is 264 g/mol. The van der Waals surface area contributed by atoms with E-state index in [9.17, 15) is 5.11 Å². The first-order valence-electron chi connectivity index (χ1n) is 6.77. The highest BCUT2D eigenvalue weighted by atomic mass is 16.5. The van der Waals surface area contributed by atoms with E-state index < -0.39 is 0 Å². The maximum atomic E-state index is 9.45. The standard InChI is InChI=1S/C14H20N2O3/c17-9-14(10-18-11-14)8-16-6-3-13(7-16)19-12-1-4-15-5-2-12/h1-2,4-5,13,17H,3,6-11H2. The van der Waals surface area contributed by atoms with E-state index in [1.807, 2.05) is 12.1 Å². The molecule has 104 valence electrons. The van der Waals surface area contributed by atoms with Crippen LogP contribution in [0.5, 0.6) is 5.75 Å². The number of hydrogen-bond acceptors (Lipinski definition) is 5. The summed E-state index contributed by atoms with van der Waals surface area (Å²) < 4.78 is 11.2. The van der Waals surface area contributed by atoms with Gasteiger partial charge in [-0.2, -0.15) is 0 Å². The van der Waals surface area contributed by atoms with Crippen LogP contribution in [0, 0.1) is 5.41 Å². The smallest absolute Gasteiger partial charge is 0.122 e. The molecule has 2 aliphatic heterocycles. The lowest BCUT2D eigenvalue weighted by Gasteiger charge is -2.42. The maximum absolute atomic E-state index is 9.45. The van der Waals surface area contributed by atoms with Crippen molar-refractivity contribution in [1.29, 1.82) is 0 Å². The fourth-order valence-corrected chi connectivity index (χ4v) is 2.74. The van der Waals surface area contributed by atoms with Crippen LogP contribution in [0.2, 0.25) is 0 Å². The highest BCUT2D eigenvalue weighted by Crippen LogP contribution is 2.29. The van der Waals surface area contributed by atoms with E-state index in [1.54, 1.807) is 12.4 Å². The summed E-state index contributed by atoms with van der Waals surface area (Å²) in [6.07, 6.45) is 4.76. The molecule has 0 aliphatic carbocycles. The van der Waals surface area contributed by atoms with Gasteiger partial charge in [-0.3, -0.25) is 9.88 Å². The Kier molecular flexibility index (Phi) is 3.68. The highest BCUT2D eigenvalue weighted by molar-refractivity contribution is 5.17. The molecule has 0 aromatic carbocycles. The first-order valence-corrected chi connectivity index (χ1v) is 6.77. The van der Waals surface area contributed by atoms with Gasteiger partial charge in [-0.25, -0.2) is 0 Å². The lowest BCUT2D eigenvalue weighted by atomic mass is 9.86. The Morgan fingerprint density at radius 3 is 2.84 bits per heavy atom. The van der Waals surface area contributed by atoms with Crippen LogP contribution in [-0.4, -0.2) is 60.5 Å². The first-order chi connectivity index (χ1) is 9.30. The molecule has 0 amide bonds. The van der Waals surface area contributed by atoms with Crippen LogP contribution < -0.4 is 4.74 Å². The van der Waals surface area contributed by atoms with Crippen molar-refractivity contribution in [2.75, 3.05) is 39.5 Å². The SMILES string of the molecule is OCC1(CN2CCC(Oc3ccncc3)C2)COC1. The molecule has 3 rings (SSSR count). The van der Waals surface area contributed by atoms with E-state index >= 15 is 0 Å². The predicted molar refractivity (Wildman–Crippen MR) is 70.0 cm³/mol. The molecule has 1 N–H and O–H groups in total. The maximum Gasteiger partial charge on any atom is 0.122 e. The molecule has 1 atom stereocenters. The summed E-state index contributed by atoms with van der Waals surface area (Å²) >= 11 is 0. The van der Waals surface area contributed by atoms with Crippen LogP contribution in [-0.2, 0) is 4.74 Å². The molecule has 5 heteroatoms. The molecule has 0 radical (unpaired) electrons. The fourth-order valence-electron chi connectivity index (χ4n) is 2.74. The molecule has 3 heterocycles. The summed E-state index contributed by atoms with van der Waals surface area (Å²) in [7, 11) is 0. The molecule has 0 bridgehead atoms. The van der Waals surface area contributed by atoms with Gasteiger partial charge < -0.3 is 14.6 Å². The second-order valence-electron chi connectivity index (χ2n) is 5.60. The molecule has 0 saturated carbocycles. The minimum Gasteiger partial charge on any atom is -0.489 e. The van der Waals surface area contributed by atoms with E-state index in [4.69, 9.17) is 9.47 Å². The number of pyridine rings is 1. The molecule has 1 unspecified atom stereocenters. The van der Waals surface area contributed by atoms with Crippen molar-refractivity contribution in [1.82, 2.24) is 9.88 Å². The van der Waals surface area contributed by atoms with Crippen LogP contribution >= 0.6 is 0 Å². The minimum atomic E-state index is -0.0362. The lowest BCUT2D eigenvalue weighted by Crippen LogP contribution is -2.53. The van der Waals surface area contributed by atoms with Gasteiger partial charge in [-0.15, -0.1) is 0 Å². The summed E-state index contributed by atoms with van der Waals surface area (Å²) in [6, 6.07) is 3.77. The molecular weight excluding hydrogens is 244 g/mol. The Morgan fingerprint density at radius 1 is 1.42 bits per heavy atom. The van der Waals surface area contributed by atoms with Gasteiger partial charge in [-0.05, 0) is 18.6 Å². The summed E-state index contributed by atoms with van der Waals surface area (Å²) in [6.45, 7) is 4.41. The monoisotopic (exact) mass is 264 g/mol. The largest absolute Gasteiger partial charge is 0.489 e. The normalized spacial score (nSPS) is 26.1. The molecule has 2 aliphatic rings. The molecule has 0 spiro atoms. The van der Waals surface area contributed by atoms with E-state index in [0.717, 1.165) is 31.8 Å². The number of aromatic nitrogens is 1.